The fraction of sp³-hybridized carbons (Fsp3) is 0.188. The van der Waals surface area contributed by atoms with Crippen molar-refractivity contribution >= 4 is 5.91 Å². The number of benzene rings is 2. The van der Waals surface area contributed by atoms with Crippen LogP contribution in [0.4, 0.5) is 0 Å². The zero-order chi connectivity index (χ0) is 14.6. The molecule has 0 fully saturated rings. The van der Waals surface area contributed by atoms with Crippen molar-refractivity contribution in [2.75, 3.05) is 6.61 Å². The molecule has 0 radical (unpaired) electrons. The number of ether oxygens (including phenoxy) is 1. The lowest BCUT2D eigenvalue weighted by Crippen LogP contribution is -2.53. The molecule has 0 aliphatic heterocycles. The molecule has 4 heteroatoms. The lowest BCUT2D eigenvalue weighted by molar-refractivity contribution is -0.124. The quantitative estimate of drug-likeness (QED) is 0.868. The number of aryl methyl sites for hydroxylation is 1. The highest BCUT2D eigenvalue weighted by Crippen LogP contribution is 2.22. The maximum Gasteiger partial charge on any atom is 0.245 e. The molecule has 4 N–H and O–H groups in total. The maximum atomic E-state index is 11.7. The third-order valence-electron chi connectivity index (χ3n) is 3.28. The van der Waals surface area contributed by atoms with E-state index in [0.717, 1.165) is 5.56 Å². The molecule has 1 atom stereocenters. The molecule has 0 heterocycles. The van der Waals surface area contributed by atoms with Gasteiger partial charge in [-0.2, -0.15) is 0 Å². The average molecular weight is 270 g/mol. The number of carbonyl (C=O) groups is 1. The van der Waals surface area contributed by atoms with E-state index in [9.17, 15) is 4.79 Å². The Balaban J connectivity index is 2.23. The average Bonchev–Trinajstić information content (AvgIpc) is 2.47. The minimum Gasteiger partial charge on any atom is -0.490 e. The molecule has 0 aliphatic carbocycles. The Morgan fingerprint density at radius 3 is 2.30 bits per heavy atom. The third-order valence-corrected chi connectivity index (χ3v) is 3.28. The highest BCUT2D eigenvalue weighted by molar-refractivity contribution is 5.86. The molecule has 2 aromatic carbocycles. The number of nitrogens with two attached hydrogens (primary N) is 2. The number of amides is 1. The molecule has 1 unspecified atom stereocenters. The smallest absolute Gasteiger partial charge is 0.245 e. The molecule has 0 saturated carbocycles. The molecular weight excluding hydrogens is 252 g/mol. The summed E-state index contributed by atoms with van der Waals surface area (Å²) in [5, 5.41) is 0. The van der Waals surface area contributed by atoms with Gasteiger partial charge in [-0.15, -0.1) is 0 Å². The Bertz CT molecular complexity index is 598. The molecule has 0 aromatic heterocycles. The molecule has 0 bridgehead atoms. The van der Waals surface area contributed by atoms with E-state index in [1.807, 2.05) is 49.4 Å². The molecule has 0 spiro atoms. The third kappa shape index (κ3) is 2.81. The Morgan fingerprint density at radius 2 is 1.70 bits per heavy atom. The van der Waals surface area contributed by atoms with Crippen LogP contribution in [0.1, 0.15) is 11.1 Å². The highest BCUT2D eigenvalue weighted by atomic mass is 16.5. The van der Waals surface area contributed by atoms with Gasteiger partial charge in [0.1, 0.15) is 12.4 Å². The first-order chi connectivity index (χ1) is 9.54. The second-order valence-electron chi connectivity index (χ2n) is 4.76. The van der Waals surface area contributed by atoms with Crippen LogP contribution in [0.5, 0.6) is 5.75 Å². The van der Waals surface area contributed by atoms with Crippen LogP contribution in [0.25, 0.3) is 0 Å². The van der Waals surface area contributed by atoms with Crippen LogP contribution in [0.2, 0.25) is 0 Å². The van der Waals surface area contributed by atoms with Gasteiger partial charge in [0.25, 0.3) is 0 Å². The summed E-state index contributed by atoms with van der Waals surface area (Å²) in [7, 11) is 0. The summed E-state index contributed by atoms with van der Waals surface area (Å²) >= 11 is 0. The Kier molecular flexibility index (Phi) is 4.05. The molecule has 104 valence electrons. The van der Waals surface area contributed by atoms with Crippen molar-refractivity contribution in [1.29, 1.82) is 0 Å². The summed E-state index contributed by atoms with van der Waals surface area (Å²) in [5.74, 6) is 0.0804. The summed E-state index contributed by atoms with van der Waals surface area (Å²) in [6.07, 6.45) is 0. The summed E-state index contributed by atoms with van der Waals surface area (Å²) in [6.45, 7) is 1.93. The van der Waals surface area contributed by atoms with E-state index in [0.29, 0.717) is 11.3 Å². The second kappa shape index (κ2) is 5.75. The van der Waals surface area contributed by atoms with Gasteiger partial charge in [0.05, 0.1) is 0 Å². The number of primary amides is 1. The van der Waals surface area contributed by atoms with E-state index in [1.165, 1.54) is 0 Å². The van der Waals surface area contributed by atoms with Crippen molar-refractivity contribution in [3.8, 4) is 5.75 Å². The normalized spacial score (nSPS) is 13.5. The van der Waals surface area contributed by atoms with Crippen LogP contribution >= 0.6 is 0 Å². The zero-order valence-electron chi connectivity index (χ0n) is 11.4. The van der Waals surface area contributed by atoms with Crippen molar-refractivity contribution in [2.24, 2.45) is 11.5 Å². The minimum atomic E-state index is -1.34. The van der Waals surface area contributed by atoms with Crippen LogP contribution < -0.4 is 16.2 Å². The summed E-state index contributed by atoms with van der Waals surface area (Å²) in [6, 6.07) is 16.6. The highest BCUT2D eigenvalue weighted by Gasteiger charge is 2.35. The van der Waals surface area contributed by atoms with Crippen LogP contribution in [-0.4, -0.2) is 12.5 Å². The zero-order valence-corrected chi connectivity index (χ0v) is 11.4. The Morgan fingerprint density at radius 1 is 1.10 bits per heavy atom. The maximum absolute atomic E-state index is 11.7. The monoisotopic (exact) mass is 270 g/mol. The fourth-order valence-electron chi connectivity index (χ4n) is 1.94. The van der Waals surface area contributed by atoms with Crippen molar-refractivity contribution in [3.05, 3.63) is 65.7 Å². The number of para-hydroxylation sites is 1. The van der Waals surface area contributed by atoms with Gasteiger partial charge >= 0.3 is 0 Å². The Hall–Kier alpha value is -2.33. The van der Waals surface area contributed by atoms with Gasteiger partial charge in [-0.1, -0.05) is 48.5 Å². The summed E-state index contributed by atoms with van der Waals surface area (Å²) < 4.78 is 5.69. The van der Waals surface area contributed by atoms with Gasteiger partial charge in [-0.25, -0.2) is 0 Å². The van der Waals surface area contributed by atoms with E-state index in [1.54, 1.807) is 12.1 Å². The van der Waals surface area contributed by atoms with Gasteiger partial charge in [0.2, 0.25) is 5.91 Å². The Labute approximate surface area is 118 Å². The molecule has 2 aromatic rings. The first kappa shape index (κ1) is 14.1. The lowest BCUT2D eigenvalue weighted by Gasteiger charge is -2.26. The van der Waals surface area contributed by atoms with Gasteiger partial charge in [-0.3, -0.25) is 4.79 Å². The van der Waals surface area contributed by atoms with Gasteiger partial charge in [-0.05, 0) is 24.1 Å². The minimum absolute atomic E-state index is 0.00278. The predicted molar refractivity (Wildman–Crippen MR) is 78.2 cm³/mol. The lowest BCUT2D eigenvalue weighted by atomic mass is 9.91. The van der Waals surface area contributed by atoms with Crippen molar-refractivity contribution in [3.63, 3.8) is 0 Å². The van der Waals surface area contributed by atoms with Crippen LogP contribution in [-0.2, 0) is 10.3 Å². The number of carbonyl (C=O) groups excluding carboxylic acids is 1. The molecule has 0 saturated heterocycles. The number of hydrogen-bond acceptors (Lipinski definition) is 3. The number of hydrogen-bond donors (Lipinski definition) is 2. The molecule has 0 aliphatic rings. The summed E-state index contributed by atoms with van der Waals surface area (Å²) in [4.78, 5) is 11.7. The first-order valence-electron chi connectivity index (χ1n) is 6.37. The molecular formula is C16H18N2O2. The van der Waals surface area contributed by atoms with Crippen LogP contribution in [0.15, 0.2) is 54.6 Å². The molecule has 2 rings (SSSR count). The predicted octanol–water partition coefficient (Wildman–Crippen LogP) is 1.71. The van der Waals surface area contributed by atoms with E-state index in [-0.39, 0.29) is 6.61 Å². The van der Waals surface area contributed by atoms with E-state index in [4.69, 9.17) is 16.2 Å². The SMILES string of the molecule is Cc1ccccc1OCC(N)(C(N)=O)c1ccccc1. The van der Waals surface area contributed by atoms with Crippen LogP contribution in [0, 0.1) is 6.92 Å². The second-order valence-corrected chi connectivity index (χ2v) is 4.76. The molecule has 20 heavy (non-hydrogen) atoms. The van der Waals surface area contributed by atoms with Gasteiger partial charge in [0, 0.05) is 0 Å². The topological polar surface area (TPSA) is 78.3 Å². The van der Waals surface area contributed by atoms with Crippen LogP contribution in [0.3, 0.4) is 0 Å². The number of rotatable bonds is 5. The van der Waals surface area contributed by atoms with Crippen molar-refractivity contribution in [2.45, 2.75) is 12.5 Å². The van der Waals surface area contributed by atoms with E-state index >= 15 is 0 Å². The fourth-order valence-corrected chi connectivity index (χ4v) is 1.94. The van der Waals surface area contributed by atoms with Crippen molar-refractivity contribution in [1.82, 2.24) is 0 Å². The molecule has 1 amide bonds. The van der Waals surface area contributed by atoms with Gasteiger partial charge in [0.15, 0.2) is 5.54 Å². The summed E-state index contributed by atoms with van der Waals surface area (Å²) in [5.41, 5.74) is 11.9. The molecule has 4 nitrogen and oxygen atoms in total. The van der Waals surface area contributed by atoms with Gasteiger partial charge < -0.3 is 16.2 Å². The van der Waals surface area contributed by atoms with Crippen molar-refractivity contribution < 1.29 is 9.53 Å². The largest absolute Gasteiger partial charge is 0.490 e. The first-order valence-corrected chi connectivity index (χ1v) is 6.37. The van der Waals surface area contributed by atoms with E-state index < -0.39 is 11.4 Å². The van der Waals surface area contributed by atoms with E-state index in [2.05, 4.69) is 0 Å². The standard InChI is InChI=1S/C16H18N2O2/c1-12-7-5-6-10-14(12)20-11-16(18,15(17)19)13-8-3-2-4-9-13/h2-10H,11,18H2,1H3,(H2,17,19).